The molecule has 8 heteroatoms. The molecule has 0 atom stereocenters. The van der Waals surface area contributed by atoms with Gasteiger partial charge in [-0.25, -0.2) is 9.59 Å². The van der Waals surface area contributed by atoms with Gasteiger partial charge in [0.1, 0.15) is 0 Å². The molecule has 1 rings (SSSR count). The summed E-state index contributed by atoms with van der Waals surface area (Å²) in [6.07, 6.45) is 0. The van der Waals surface area contributed by atoms with Crippen molar-refractivity contribution in [3.63, 3.8) is 0 Å². The molecule has 1 aromatic carbocycles. The van der Waals surface area contributed by atoms with Crippen LogP contribution < -0.4 is 0 Å². The Morgan fingerprint density at radius 1 is 0.750 bits per heavy atom. The number of hydrogen-bond acceptors (Lipinski definition) is 2. The maximum absolute atomic E-state index is 10.5. The summed E-state index contributed by atoms with van der Waals surface area (Å²) in [7, 11) is 0. The zero-order chi connectivity index (χ0) is 9.14. The van der Waals surface area contributed by atoms with Crippen LogP contribution in [0.1, 0.15) is 20.7 Å². The third kappa shape index (κ3) is 6.02. The highest BCUT2D eigenvalue weighted by molar-refractivity contribution is 6.01. The van der Waals surface area contributed by atoms with Crippen LogP contribution in [0.15, 0.2) is 24.3 Å². The van der Waals surface area contributed by atoms with E-state index in [0.29, 0.717) is 0 Å². The van der Waals surface area contributed by atoms with Gasteiger partial charge >= 0.3 is 11.9 Å². The lowest BCUT2D eigenvalue weighted by atomic mass is 10.1. The molecule has 0 aliphatic carbocycles. The molecule has 16 heavy (non-hydrogen) atoms. The molecule has 0 saturated heterocycles. The Morgan fingerprint density at radius 3 is 1.19 bits per heavy atom. The fourth-order valence-electron chi connectivity index (χ4n) is 0.856. The molecule has 0 bridgehead atoms. The molecule has 0 aliphatic rings. The number of rotatable bonds is 2. The van der Waals surface area contributed by atoms with E-state index in [4.69, 9.17) is 10.2 Å². The van der Waals surface area contributed by atoms with Crippen LogP contribution in [0.25, 0.3) is 0 Å². The van der Waals surface area contributed by atoms with Gasteiger partial charge in [-0.2, -0.15) is 0 Å². The van der Waals surface area contributed by atoms with Gasteiger partial charge in [0.2, 0.25) is 0 Å². The molecular formula is C8H10Cl4O4. The van der Waals surface area contributed by atoms with Crippen molar-refractivity contribution in [3.05, 3.63) is 35.4 Å². The molecule has 0 aromatic heterocycles. The van der Waals surface area contributed by atoms with E-state index < -0.39 is 11.9 Å². The summed E-state index contributed by atoms with van der Waals surface area (Å²) in [6.45, 7) is 0. The maximum Gasteiger partial charge on any atom is 0.336 e. The predicted molar refractivity (Wildman–Crippen MR) is 69.4 cm³/mol. The third-order valence-corrected chi connectivity index (χ3v) is 1.39. The standard InChI is InChI=1S/C8H6O4.4ClH/c9-7(10)5-3-1-2-4-6(5)8(11)12;;;;/h1-4H,(H,9,10)(H,11,12);4*1H. The monoisotopic (exact) mass is 310 g/mol. The Labute approximate surface area is 117 Å². The van der Waals surface area contributed by atoms with Crippen LogP contribution >= 0.6 is 49.6 Å². The molecule has 0 heterocycles. The molecule has 4 nitrogen and oxygen atoms in total. The Balaban J connectivity index is -0.000000180. The molecule has 0 unspecified atom stereocenters. The number of carbonyl (C=O) groups is 2. The fraction of sp³-hybridized carbons (Fsp3) is 0. The van der Waals surface area contributed by atoms with E-state index in [1.807, 2.05) is 0 Å². The molecule has 94 valence electrons. The summed E-state index contributed by atoms with van der Waals surface area (Å²) < 4.78 is 0. The van der Waals surface area contributed by atoms with Crippen molar-refractivity contribution in [3.8, 4) is 0 Å². The van der Waals surface area contributed by atoms with Crippen LogP contribution in [-0.2, 0) is 0 Å². The first-order valence-corrected chi connectivity index (χ1v) is 3.18. The highest BCUT2D eigenvalue weighted by Crippen LogP contribution is 2.07. The summed E-state index contributed by atoms with van der Waals surface area (Å²) in [4.78, 5) is 20.9. The highest BCUT2D eigenvalue weighted by atomic mass is 35.5. The largest absolute Gasteiger partial charge is 0.478 e. The fourth-order valence-corrected chi connectivity index (χ4v) is 0.856. The van der Waals surface area contributed by atoms with Crippen molar-refractivity contribution in [2.45, 2.75) is 0 Å². The molecule has 0 radical (unpaired) electrons. The van der Waals surface area contributed by atoms with Crippen LogP contribution in [0.4, 0.5) is 0 Å². The molecule has 0 fully saturated rings. The number of carboxylic acids is 2. The van der Waals surface area contributed by atoms with E-state index in [2.05, 4.69) is 0 Å². The Hall–Kier alpha value is -0.680. The minimum absolute atomic E-state index is 0. The van der Waals surface area contributed by atoms with Crippen molar-refractivity contribution in [2.24, 2.45) is 0 Å². The highest BCUT2D eigenvalue weighted by Gasteiger charge is 2.13. The average Bonchev–Trinajstić information content (AvgIpc) is 2.04. The smallest absolute Gasteiger partial charge is 0.336 e. The molecular weight excluding hydrogens is 302 g/mol. The van der Waals surface area contributed by atoms with Gasteiger partial charge in [-0.05, 0) is 12.1 Å². The van der Waals surface area contributed by atoms with Gasteiger partial charge in [0.25, 0.3) is 0 Å². The molecule has 0 aliphatic heterocycles. The topological polar surface area (TPSA) is 74.6 Å². The van der Waals surface area contributed by atoms with Gasteiger partial charge in [-0.1, -0.05) is 12.1 Å². The number of carboxylic acid groups (broad SMARTS) is 2. The quantitative estimate of drug-likeness (QED) is 0.880. The van der Waals surface area contributed by atoms with E-state index in [1.165, 1.54) is 24.3 Å². The molecule has 2 N–H and O–H groups in total. The number of halogens is 4. The third-order valence-electron chi connectivity index (χ3n) is 1.39. The lowest BCUT2D eigenvalue weighted by Crippen LogP contribution is -2.06. The predicted octanol–water partition coefficient (Wildman–Crippen LogP) is 2.77. The van der Waals surface area contributed by atoms with Crippen molar-refractivity contribution >= 4 is 61.6 Å². The van der Waals surface area contributed by atoms with Gasteiger partial charge in [-0.15, -0.1) is 49.6 Å². The summed E-state index contributed by atoms with van der Waals surface area (Å²) in [5.74, 6) is -2.46. The van der Waals surface area contributed by atoms with Crippen LogP contribution in [-0.4, -0.2) is 22.2 Å². The lowest BCUT2D eigenvalue weighted by Gasteiger charge is -1.98. The number of benzene rings is 1. The van der Waals surface area contributed by atoms with E-state index in [0.717, 1.165) is 0 Å². The normalized spacial score (nSPS) is 7.00. The SMILES string of the molecule is Cl.Cl.Cl.Cl.O=C(O)c1ccccc1C(=O)O. The molecule has 0 amide bonds. The molecule has 0 spiro atoms. The Kier molecular flexibility index (Phi) is 16.6. The zero-order valence-corrected chi connectivity index (χ0v) is 10.9. The Morgan fingerprint density at radius 2 is 1.00 bits per heavy atom. The Bertz CT molecular complexity index is 310. The summed E-state index contributed by atoms with van der Waals surface area (Å²) in [5, 5.41) is 17.1. The summed E-state index contributed by atoms with van der Waals surface area (Å²) in [6, 6.07) is 5.48. The summed E-state index contributed by atoms with van der Waals surface area (Å²) in [5.41, 5.74) is -0.380. The first-order chi connectivity index (χ1) is 5.63. The van der Waals surface area contributed by atoms with Gasteiger partial charge in [-0.3, -0.25) is 0 Å². The number of aromatic carboxylic acids is 2. The second-order valence-corrected chi connectivity index (χ2v) is 2.16. The van der Waals surface area contributed by atoms with E-state index >= 15 is 0 Å². The van der Waals surface area contributed by atoms with Gasteiger partial charge in [0.15, 0.2) is 0 Å². The lowest BCUT2D eigenvalue weighted by molar-refractivity contribution is 0.0651. The van der Waals surface area contributed by atoms with Gasteiger partial charge in [0, 0.05) is 0 Å². The van der Waals surface area contributed by atoms with Gasteiger partial charge in [0.05, 0.1) is 11.1 Å². The zero-order valence-electron chi connectivity index (χ0n) is 7.65. The summed E-state index contributed by atoms with van der Waals surface area (Å²) >= 11 is 0. The van der Waals surface area contributed by atoms with Crippen molar-refractivity contribution in [1.82, 2.24) is 0 Å². The van der Waals surface area contributed by atoms with E-state index in [9.17, 15) is 9.59 Å². The second kappa shape index (κ2) is 10.8. The maximum atomic E-state index is 10.5. The van der Waals surface area contributed by atoms with Crippen LogP contribution in [0.2, 0.25) is 0 Å². The second-order valence-electron chi connectivity index (χ2n) is 2.16. The first kappa shape index (κ1) is 24.5. The van der Waals surface area contributed by atoms with E-state index in [-0.39, 0.29) is 60.8 Å². The van der Waals surface area contributed by atoms with Crippen LogP contribution in [0, 0.1) is 0 Å². The van der Waals surface area contributed by atoms with Crippen molar-refractivity contribution in [1.29, 1.82) is 0 Å². The van der Waals surface area contributed by atoms with Gasteiger partial charge < -0.3 is 10.2 Å². The molecule has 0 saturated carbocycles. The van der Waals surface area contributed by atoms with Crippen LogP contribution in [0.5, 0.6) is 0 Å². The molecule has 1 aromatic rings. The van der Waals surface area contributed by atoms with Crippen molar-refractivity contribution < 1.29 is 19.8 Å². The minimum Gasteiger partial charge on any atom is -0.478 e. The first-order valence-electron chi connectivity index (χ1n) is 3.18. The number of hydrogen-bond donors (Lipinski definition) is 2. The van der Waals surface area contributed by atoms with Crippen molar-refractivity contribution in [2.75, 3.05) is 0 Å². The van der Waals surface area contributed by atoms with E-state index in [1.54, 1.807) is 0 Å². The van der Waals surface area contributed by atoms with Crippen LogP contribution in [0.3, 0.4) is 0 Å². The average molecular weight is 312 g/mol. The minimum atomic E-state index is -1.23.